The van der Waals surface area contributed by atoms with E-state index in [1.54, 1.807) is 31.2 Å². The SMILES string of the molecule is CC(=O)N(C1CCc2c(C)cc(F)cc21)C1CCc2c(C)cc(F)cc21. The molecular weight excluding hydrogens is 332 g/mol. The van der Waals surface area contributed by atoms with Crippen LogP contribution in [0.3, 0.4) is 0 Å². The molecule has 0 heterocycles. The van der Waals surface area contributed by atoms with Gasteiger partial charge in [0.25, 0.3) is 0 Å². The van der Waals surface area contributed by atoms with Gasteiger partial charge in [0.15, 0.2) is 0 Å². The highest BCUT2D eigenvalue weighted by molar-refractivity contribution is 5.75. The van der Waals surface area contributed by atoms with Crippen molar-refractivity contribution in [1.29, 1.82) is 0 Å². The number of halogens is 2. The van der Waals surface area contributed by atoms with E-state index in [9.17, 15) is 13.6 Å². The highest BCUT2D eigenvalue weighted by atomic mass is 19.1. The minimum absolute atomic E-state index is 0.0375. The fraction of sp³-hybridized carbons (Fsp3) is 0.409. The van der Waals surface area contributed by atoms with Crippen LogP contribution in [0.2, 0.25) is 0 Å². The summed E-state index contributed by atoms with van der Waals surface area (Å²) in [4.78, 5) is 14.5. The molecule has 0 aromatic heterocycles. The van der Waals surface area contributed by atoms with Crippen LogP contribution in [0.1, 0.15) is 65.2 Å². The Balaban J connectivity index is 1.79. The Morgan fingerprint density at radius 2 is 1.31 bits per heavy atom. The van der Waals surface area contributed by atoms with Crippen LogP contribution in [-0.4, -0.2) is 10.8 Å². The average molecular weight is 355 g/mol. The van der Waals surface area contributed by atoms with Gasteiger partial charge in [0, 0.05) is 6.92 Å². The van der Waals surface area contributed by atoms with Crippen LogP contribution in [0.4, 0.5) is 8.78 Å². The summed E-state index contributed by atoms with van der Waals surface area (Å²) < 4.78 is 28.1. The van der Waals surface area contributed by atoms with Gasteiger partial charge in [-0.2, -0.15) is 0 Å². The van der Waals surface area contributed by atoms with Gasteiger partial charge in [-0.15, -0.1) is 0 Å². The first kappa shape index (κ1) is 17.2. The topological polar surface area (TPSA) is 20.3 Å². The smallest absolute Gasteiger partial charge is 0.220 e. The predicted molar refractivity (Wildman–Crippen MR) is 96.9 cm³/mol. The lowest BCUT2D eigenvalue weighted by atomic mass is 9.98. The van der Waals surface area contributed by atoms with Crippen molar-refractivity contribution in [2.24, 2.45) is 0 Å². The Hall–Kier alpha value is -2.23. The van der Waals surface area contributed by atoms with Crippen molar-refractivity contribution >= 4 is 5.91 Å². The van der Waals surface area contributed by atoms with Crippen LogP contribution < -0.4 is 0 Å². The summed E-state index contributed by atoms with van der Waals surface area (Å²) in [6, 6.07) is 5.98. The Morgan fingerprint density at radius 3 is 1.69 bits per heavy atom. The highest BCUT2D eigenvalue weighted by Crippen LogP contribution is 2.46. The number of hydrogen-bond acceptors (Lipinski definition) is 1. The Morgan fingerprint density at radius 1 is 0.885 bits per heavy atom. The molecule has 2 unspecified atom stereocenters. The molecule has 2 nitrogen and oxygen atoms in total. The van der Waals surface area contributed by atoms with Gasteiger partial charge in [-0.3, -0.25) is 4.79 Å². The molecule has 26 heavy (non-hydrogen) atoms. The Labute approximate surface area is 152 Å². The summed E-state index contributed by atoms with van der Waals surface area (Å²) in [5.41, 5.74) is 6.02. The van der Waals surface area contributed by atoms with Crippen LogP contribution in [0.5, 0.6) is 0 Å². The molecule has 2 atom stereocenters. The third-order valence-corrected chi connectivity index (χ3v) is 6.03. The quantitative estimate of drug-likeness (QED) is 0.733. The normalized spacial score (nSPS) is 20.8. The van der Waals surface area contributed by atoms with E-state index in [1.165, 1.54) is 0 Å². The molecule has 2 aliphatic rings. The zero-order valence-corrected chi connectivity index (χ0v) is 15.4. The zero-order chi connectivity index (χ0) is 18.6. The molecule has 4 heteroatoms. The van der Waals surface area contributed by atoms with Gasteiger partial charge in [-0.25, -0.2) is 8.78 Å². The van der Waals surface area contributed by atoms with E-state index in [0.29, 0.717) is 0 Å². The second-order valence-corrected chi connectivity index (χ2v) is 7.62. The lowest BCUT2D eigenvalue weighted by Crippen LogP contribution is -2.35. The van der Waals surface area contributed by atoms with E-state index in [-0.39, 0.29) is 29.6 Å². The lowest BCUT2D eigenvalue weighted by molar-refractivity contribution is -0.134. The molecule has 0 N–H and O–H groups in total. The number of aryl methyl sites for hydroxylation is 2. The molecule has 0 saturated carbocycles. The first-order valence-electron chi connectivity index (χ1n) is 9.23. The monoisotopic (exact) mass is 355 g/mol. The van der Waals surface area contributed by atoms with Crippen molar-refractivity contribution in [2.75, 3.05) is 0 Å². The van der Waals surface area contributed by atoms with Gasteiger partial charge in [0.1, 0.15) is 11.6 Å². The molecule has 0 aliphatic heterocycles. The largest absolute Gasteiger partial charge is 0.329 e. The fourth-order valence-electron chi connectivity index (χ4n) is 4.98. The van der Waals surface area contributed by atoms with Crippen molar-refractivity contribution < 1.29 is 13.6 Å². The number of rotatable bonds is 2. The maximum Gasteiger partial charge on any atom is 0.220 e. The van der Waals surface area contributed by atoms with Crippen molar-refractivity contribution in [3.8, 4) is 0 Å². The summed E-state index contributed by atoms with van der Waals surface area (Å²) in [6.07, 6.45) is 3.27. The summed E-state index contributed by atoms with van der Waals surface area (Å²) in [7, 11) is 0. The van der Waals surface area contributed by atoms with E-state index >= 15 is 0 Å². The zero-order valence-electron chi connectivity index (χ0n) is 15.4. The van der Waals surface area contributed by atoms with Crippen LogP contribution in [-0.2, 0) is 17.6 Å². The van der Waals surface area contributed by atoms with Gasteiger partial charge in [-0.1, -0.05) is 0 Å². The summed E-state index contributed by atoms with van der Waals surface area (Å²) in [6.45, 7) is 5.41. The molecular formula is C22H23F2NO. The maximum absolute atomic E-state index is 14.0. The number of carbonyl (C=O) groups excluding carboxylic acids is 1. The van der Waals surface area contributed by atoms with Crippen molar-refractivity contribution in [3.63, 3.8) is 0 Å². The van der Waals surface area contributed by atoms with E-state index in [2.05, 4.69) is 0 Å². The van der Waals surface area contributed by atoms with E-state index in [4.69, 9.17) is 0 Å². The van der Waals surface area contributed by atoms with Crippen LogP contribution in [0.25, 0.3) is 0 Å². The molecule has 0 saturated heterocycles. The highest BCUT2D eigenvalue weighted by Gasteiger charge is 2.38. The minimum atomic E-state index is -0.259. The molecule has 1 amide bonds. The van der Waals surface area contributed by atoms with E-state index < -0.39 is 0 Å². The minimum Gasteiger partial charge on any atom is -0.329 e. The molecule has 0 radical (unpaired) electrons. The van der Waals surface area contributed by atoms with Crippen LogP contribution in [0, 0.1) is 25.5 Å². The van der Waals surface area contributed by atoms with Gasteiger partial charge in [-0.05, 0) is 97.2 Å². The standard InChI is InChI=1S/C22H23F2NO/c1-12-8-15(23)10-19-17(12)4-6-21(19)25(14(3)26)22-7-5-18-13(2)9-16(24)11-20(18)22/h8-11,21-22H,4-7H2,1-3H3. The Bertz CT molecular complexity index is 838. The molecule has 4 rings (SSSR count). The second kappa shape index (κ2) is 6.19. The number of hydrogen-bond donors (Lipinski definition) is 0. The summed E-state index contributed by atoms with van der Waals surface area (Å²) in [5, 5.41) is 0. The number of benzene rings is 2. The first-order valence-corrected chi connectivity index (χ1v) is 9.23. The van der Waals surface area contributed by atoms with Crippen molar-refractivity contribution in [2.45, 2.75) is 58.5 Å². The van der Waals surface area contributed by atoms with Gasteiger partial charge in [0.05, 0.1) is 12.1 Å². The fourth-order valence-corrected chi connectivity index (χ4v) is 4.98. The molecule has 2 aliphatic carbocycles. The first-order chi connectivity index (χ1) is 12.4. The van der Waals surface area contributed by atoms with Crippen LogP contribution in [0.15, 0.2) is 24.3 Å². The summed E-state index contributed by atoms with van der Waals surface area (Å²) >= 11 is 0. The van der Waals surface area contributed by atoms with E-state index in [1.807, 2.05) is 18.7 Å². The van der Waals surface area contributed by atoms with Gasteiger partial charge >= 0.3 is 0 Å². The van der Waals surface area contributed by atoms with Gasteiger partial charge < -0.3 is 4.90 Å². The number of fused-ring (bicyclic) bond motifs is 2. The predicted octanol–water partition coefficient (Wildman–Crippen LogP) is 5.10. The second-order valence-electron chi connectivity index (χ2n) is 7.62. The molecule has 2 aromatic carbocycles. The molecule has 2 aromatic rings. The molecule has 136 valence electrons. The number of nitrogens with zero attached hydrogens (tertiary/aromatic N) is 1. The Kier molecular flexibility index (Phi) is 4.09. The molecule has 0 fully saturated rings. The third-order valence-electron chi connectivity index (χ3n) is 6.03. The van der Waals surface area contributed by atoms with Gasteiger partial charge in [0.2, 0.25) is 5.91 Å². The lowest BCUT2D eigenvalue weighted by Gasteiger charge is -2.35. The summed E-state index contributed by atoms with van der Waals surface area (Å²) in [5.74, 6) is -0.555. The number of carbonyl (C=O) groups is 1. The average Bonchev–Trinajstić information content (AvgIpc) is 3.13. The number of amides is 1. The van der Waals surface area contributed by atoms with Crippen molar-refractivity contribution in [1.82, 2.24) is 4.90 Å². The third kappa shape index (κ3) is 2.63. The van der Waals surface area contributed by atoms with Crippen molar-refractivity contribution in [3.05, 3.63) is 69.3 Å². The van der Waals surface area contributed by atoms with Crippen LogP contribution >= 0.6 is 0 Å². The maximum atomic E-state index is 14.0. The van der Waals surface area contributed by atoms with E-state index in [0.717, 1.165) is 59.1 Å². The molecule has 0 spiro atoms. The molecule has 0 bridgehead atoms.